The lowest BCUT2D eigenvalue weighted by Gasteiger charge is -2.37. The van der Waals surface area contributed by atoms with Crippen LogP contribution in [-0.2, 0) is 14.2 Å². The third kappa shape index (κ3) is 5.25. The number of carbonyl (C=O) groups excluding carboxylic acids is 3. The van der Waals surface area contributed by atoms with Crippen molar-refractivity contribution >= 4 is 46.7 Å². The van der Waals surface area contributed by atoms with Gasteiger partial charge in [-0.3, -0.25) is 23.9 Å². The quantitative estimate of drug-likeness (QED) is 0.315. The first-order valence-corrected chi connectivity index (χ1v) is 18.9. The Morgan fingerprint density at radius 2 is 1.94 bits per heavy atom. The van der Waals surface area contributed by atoms with E-state index in [1.807, 2.05) is 17.0 Å². The first-order valence-electron chi connectivity index (χ1n) is 16.5. The molecule has 2 saturated carbocycles. The van der Waals surface area contributed by atoms with Crippen LogP contribution in [0.1, 0.15) is 77.6 Å². The van der Waals surface area contributed by atoms with Crippen LogP contribution in [0.4, 0.5) is 4.39 Å². The van der Waals surface area contributed by atoms with Gasteiger partial charge in [-0.2, -0.15) is 5.26 Å². The number of carbonyl (C=O) groups is 3. The lowest BCUT2D eigenvalue weighted by molar-refractivity contribution is -0.148. The molecule has 14 heteroatoms. The molecule has 8 atom stereocenters. The van der Waals surface area contributed by atoms with Crippen LogP contribution in [-0.4, -0.2) is 72.5 Å². The normalized spacial score (nSPS) is 31.0. The summed E-state index contributed by atoms with van der Waals surface area (Å²) in [6.45, 7) is 0.405. The predicted octanol–water partition coefficient (Wildman–Crippen LogP) is 4.63. The Hall–Kier alpha value is -3.69. The number of hydrogen-bond acceptors (Lipinski definition) is 7. The smallest absolute Gasteiger partial charge is 0.340 e. The van der Waals surface area contributed by atoms with E-state index in [1.165, 1.54) is 24.3 Å². The molecule has 5 heterocycles. The summed E-state index contributed by atoms with van der Waals surface area (Å²) in [6.07, 6.45) is 8.51. The fraction of sp³-hybridized carbons (Fsp3) is 0.500. The van der Waals surface area contributed by atoms with E-state index < -0.39 is 37.0 Å². The average Bonchev–Trinajstić information content (AvgIpc) is 3.85. The monoisotopic (exact) mass is 691 g/mol. The molecule has 5 aliphatic rings. The van der Waals surface area contributed by atoms with Gasteiger partial charge < -0.3 is 24.9 Å². The van der Waals surface area contributed by atoms with Crippen molar-refractivity contribution in [2.45, 2.75) is 80.4 Å². The molecular weight excluding hydrogens is 656 g/mol. The van der Waals surface area contributed by atoms with Gasteiger partial charge in [0, 0.05) is 35.6 Å². The molecule has 48 heavy (non-hydrogen) atoms. The van der Waals surface area contributed by atoms with Gasteiger partial charge in [0.05, 0.1) is 22.4 Å². The van der Waals surface area contributed by atoms with Gasteiger partial charge in [0.25, 0.3) is 5.91 Å². The molecule has 250 valence electrons. The maximum absolute atomic E-state index is 14.5. The Kier molecular flexibility index (Phi) is 7.53. The van der Waals surface area contributed by atoms with E-state index in [1.54, 1.807) is 17.3 Å². The van der Waals surface area contributed by atoms with Gasteiger partial charge in [0.2, 0.25) is 17.7 Å². The summed E-state index contributed by atoms with van der Waals surface area (Å²) < 4.78 is 26.4. The van der Waals surface area contributed by atoms with Crippen LogP contribution >= 0.6 is 18.9 Å². The number of hydrogen-bond donors (Lipinski definition) is 3. The summed E-state index contributed by atoms with van der Waals surface area (Å²) in [5, 5.41) is 13.7. The molecule has 0 unspecified atom stereocenters. The Morgan fingerprint density at radius 1 is 1.15 bits per heavy atom. The number of nitriles is 1. The predicted molar refractivity (Wildman–Crippen MR) is 173 cm³/mol. The highest BCUT2D eigenvalue weighted by Crippen LogP contribution is 2.58. The van der Waals surface area contributed by atoms with E-state index in [9.17, 15) is 38.4 Å². The van der Waals surface area contributed by atoms with Gasteiger partial charge >= 0.3 is 7.60 Å². The molecule has 11 nitrogen and oxygen atoms in total. The van der Waals surface area contributed by atoms with Crippen molar-refractivity contribution in [2.24, 2.45) is 17.8 Å². The van der Waals surface area contributed by atoms with E-state index in [4.69, 9.17) is 0 Å². The minimum absolute atomic E-state index is 0.0924. The van der Waals surface area contributed by atoms with Crippen LogP contribution in [0.15, 0.2) is 48.8 Å². The van der Waals surface area contributed by atoms with Crippen molar-refractivity contribution in [3.8, 4) is 6.07 Å². The number of nitrogens with one attached hydrogen (secondary N) is 1. The molecule has 5 fully saturated rings. The number of alkyl halides is 1. The highest BCUT2D eigenvalue weighted by atomic mass is 32.1. The van der Waals surface area contributed by atoms with E-state index in [0.717, 1.165) is 42.6 Å². The van der Waals surface area contributed by atoms with Gasteiger partial charge in [0.1, 0.15) is 12.1 Å². The summed E-state index contributed by atoms with van der Waals surface area (Å²) in [4.78, 5) is 69.1. The lowest BCUT2D eigenvalue weighted by atomic mass is 9.85. The zero-order valence-electron chi connectivity index (χ0n) is 25.9. The Labute approximate surface area is 280 Å². The summed E-state index contributed by atoms with van der Waals surface area (Å²) in [6, 6.07) is 10.4. The summed E-state index contributed by atoms with van der Waals surface area (Å²) in [5.41, 5.74) is 0.230. The number of nitrogens with zero attached hydrogens (tertiary/aromatic N) is 4. The van der Waals surface area contributed by atoms with Crippen molar-refractivity contribution in [3.05, 3.63) is 64.8 Å². The van der Waals surface area contributed by atoms with Crippen molar-refractivity contribution in [3.63, 3.8) is 0 Å². The number of thiophene rings is 1. The SMILES string of the molecule is N#C[C@@H]1[C@@H](c2cccnc2)CN(C(=O)[C@@H]2CC[C@@H]3C[C@H]4C[C@H]4C[C@H](NC(=O)c4cc5cc([C@H](F)P(=O)(O)O)ccc5s4)C(=O)N32)C12CC2. The molecule has 0 bridgehead atoms. The van der Waals surface area contributed by atoms with Crippen molar-refractivity contribution < 1.29 is 33.1 Å². The van der Waals surface area contributed by atoms with Gasteiger partial charge in [0.15, 0.2) is 0 Å². The maximum Gasteiger partial charge on any atom is 0.363 e. The third-order valence-electron chi connectivity index (χ3n) is 11.3. The molecule has 3 aromatic rings. The molecule has 2 aromatic heterocycles. The highest BCUT2D eigenvalue weighted by Gasteiger charge is 2.65. The first kappa shape index (κ1) is 31.6. The molecule has 3 N–H and O–H groups in total. The third-order valence-corrected chi connectivity index (χ3v) is 13.3. The van der Waals surface area contributed by atoms with Crippen LogP contribution in [0.5, 0.6) is 0 Å². The van der Waals surface area contributed by atoms with E-state index in [2.05, 4.69) is 16.4 Å². The fourth-order valence-corrected chi connectivity index (χ4v) is 10.2. The molecule has 2 aliphatic carbocycles. The second kappa shape index (κ2) is 11.4. The first-order chi connectivity index (χ1) is 23.0. The van der Waals surface area contributed by atoms with Crippen LogP contribution < -0.4 is 5.32 Å². The number of pyridine rings is 1. The molecule has 8 rings (SSSR count). The van der Waals surface area contributed by atoms with Crippen molar-refractivity contribution in [1.82, 2.24) is 20.1 Å². The van der Waals surface area contributed by atoms with E-state index >= 15 is 0 Å². The molecular formula is C34H35FN5O6PS. The maximum atomic E-state index is 14.5. The fourth-order valence-electron chi connectivity index (χ4n) is 8.70. The number of likely N-dealkylation sites (tertiary alicyclic amines) is 1. The second-order valence-corrected chi connectivity index (χ2v) is 16.8. The minimum atomic E-state index is -4.99. The number of aromatic nitrogens is 1. The highest BCUT2D eigenvalue weighted by molar-refractivity contribution is 7.51. The van der Waals surface area contributed by atoms with Crippen molar-refractivity contribution in [2.75, 3.05) is 6.54 Å². The van der Waals surface area contributed by atoms with Crippen LogP contribution in [0, 0.1) is 29.1 Å². The Balaban J connectivity index is 1.04. The molecule has 1 spiro atoms. The summed E-state index contributed by atoms with van der Waals surface area (Å²) in [7, 11) is -4.99. The van der Waals surface area contributed by atoms with Gasteiger partial charge in [-0.25, -0.2) is 4.39 Å². The van der Waals surface area contributed by atoms with Crippen LogP contribution in [0.25, 0.3) is 10.1 Å². The number of amides is 3. The van der Waals surface area contributed by atoms with Gasteiger partial charge in [-0.05, 0) is 97.6 Å². The number of fused-ring (bicyclic) bond motifs is 3. The minimum Gasteiger partial charge on any atom is -0.340 e. The van der Waals surface area contributed by atoms with E-state index in [0.29, 0.717) is 52.6 Å². The van der Waals surface area contributed by atoms with E-state index in [-0.39, 0.29) is 35.3 Å². The second-order valence-electron chi connectivity index (χ2n) is 14.1. The van der Waals surface area contributed by atoms with Gasteiger partial charge in [-0.1, -0.05) is 12.1 Å². The Bertz CT molecular complexity index is 1910. The van der Waals surface area contributed by atoms with Crippen LogP contribution in [0.3, 0.4) is 0 Å². The largest absolute Gasteiger partial charge is 0.363 e. The average molecular weight is 692 g/mol. The Morgan fingerprint density at radius 3 is 2.65 bits per heavy atom. The summed E-state index contributed by atoms with van der Waals surface area (Å²) >= 11 is 1.15. The number of halogens is 1. The van der Waals surface area contributed by atoms with Gasteiger partial charge in [-0.15, -0.1) is 11.3 Å². The molecule has 3 amide bonds. The zero-order valence-corrected chi connectivity index (χ0v) is 27.7. The molecule has 3 aliphatic heterocycles. The molecule has 1 aromatic carbocycles. The van der Waals surface area contributed by atoms with Crippen molar-refractivity contribution in [1.29, 1.82) is 5.26 Å². The molecule has 3 saturated heterocycles. The standard InChI is InChI=1S/C34H35FN5O6PS/c35-30(47(44,45)46)18-3-6-28-22(10-18)14-29(48-28)31(41)38-26-13-21-11-20(21)12-23-4-5-27(40(23)32(26)42)33(43)39-17-24(19-2-1-9-37-16-19)25(15-36)34(39)7-8-34/h1-3,6,9-10,14,16,20-21,23-27,30H,4-5,7-8,11-13,17H2,(H,38,41)(H2,44,45,46)/t20-,21+,23-,24-,25-,26+,27+,30-/m1/s1. The van der Waals surface area contributed by atoms with Crippen LogP contribution in [0.2, 0.25) is 0 Å². The zero-order chi connectivity index (χ0) is 33.5. The summed E-state index contributed by atoms with van der Waals surface area (Å²) in [5.74, 6) is -3.06. The topological polar surface area (TPSA) is 164 Å². The number of rotatable bonds is 6. The number of benzene rings is 1. The molecule has 0 radical (unpaired) electrons. The lowest BCUT2D eigenvalue weighted by Crippen LogP contribution is -2.58.